The Morgan fingerprint density at radius 3 is 2.76 bits per heavy atom. The summed E-state index contributed by atoms with van der Waals surface area (Å²) in [7, 11) is 0. The molecule has 0 bridgehead atoms. The molecule has 0 aliphatic carbocycles. The van der Waals surface area contributed by atoms with Gasteiger partial charge in [-0.2, -0.15) is 0 Å². The van der Waals surface area contributed by atoms with Crippen LogP contribution in [0.4, 0.5) is 17.3 Å². The summed E-state index contributed by atoms with van der Waals surface area (Å²) < 4.78 is 5.78. The molecular formula is C16H20N4O. The van der Waals surface area contributed by atoms with Crippen LogP contribution in [0, 0.1) is 0 Å². The van der Waals surface area contributed by atoms with Gasteiger partial charge in [0, 0.05) is 12.6 Å². The van der Waals surface area contributed by atoms with Gasteiger partial charge in [0.2, 0.25) is 0 Å². The van der Waals surface area contributed by atoms with E-state index in [9.17, 15) is 0 Å². The number of nitrogens with one attached hydrogen (secondary N) is 2. The van der Waals surface area contributed by atoms with Crippen molar-refractivity contribution in [3.8, 4) is 5.75 Å². The Morgan fingerprint density at radius 1 is 1.24 bits per heavy atom. The monoisotopic (exact) mass is 284 g/mol. The minimum Gasteiger partial charge on any atom is -0.489 e. The Balaban J connectivity index is 2.16. The predicted octanol–water partition coefficient (Wildman–Crippen LogP) is 3.61. The molecule has 0 aliphatic rings. The normalized spacial score (nSPS) is 10.2. The first-order chi connectivity index (χ1) is 10.2. The van der Waals surface area contributed by atoms with Gasteiger partial charge >= 0.3 is 0 Å². The van der Waals surface area contributed by atoms with E-state index < -0.39 is 0 Å². The maximum Gasteiger partial charge on any atom is 0.143 e. The number of nitrogens with zero attached hydrogens (tertiary/aromatic N) is 2. The number of hydrogen-bond acceptors (Lipinski definition) is 5. The van der Waals surface area contributed by atoms with Crippen molar-refractivity contribution < 1.29 is 4.74 Å². The highest BCUT2D eigenvalue weighted by Crippen LogP contribution is 2.27. The van der Waals surface area contributed by atoms with E-state index in [1.165, 1.54) is 6.33 Å². The van der Waals surface area contributed by atoms with E-state index in [0.29, 0.717) is 12.4 Å². The fourth-order valence-corrected chi connectivity index (χ4v) is 1.76. The zero-order valence-corrected chi connectivity index (χ0v) is 12.3. The van der Waals surface area contributed by atoms with E-state index in [1.54, 1.807) is 6.08 Å². The first kappa shape index (κ1) is 14.8. The van der Waals surface area contributed by atoms with Crippen LogP contribution in [0.3, 0.4) is 0 Å². The Hall–Kier alpha value is -2.56. The maximum absolute atomic E-state index is 5.78. The average molecular weight is 284 g/mol. The second-order valence-electron chi connectivity index (χ2n) is 4.75. The summed E-state index contributed by atoms with van der Waals surface area (Å²) in [6.07, 6.45) is 3.41. The molecule has 1 aromatic carbocycles. The summed E-state index contributed by atoms with van der Waals surface area (Å²) in [6.45, 7) is 8.32. The molecule has 2 rings (SSSR count). The first-order valence-corrected chi connectivity index (χ1v) is 6.88. The lowest BCUT2D eigenvalue weighted by molar-refractivity contribution is 0.244. The number of para-hydroxylation sites is 2. The van der Waals surface area contributed by atoms with Crippen LogP contribution in [0.5, 0.6) is 5.75 Å². The third-order valence-electron chi connectivity index (χ3n) is 2.61. The standard InChI is InChI=1S/C16H20N4O/c1-4-9-17-15-10-16(19-11-18-15)20-13-7-5-6-8-14(13)21-12(2)3/h4-8,10-12H,1,9H2,2-3H3,(H2,17,18,19,20). The molecule has 0 atom stereocenters. The molecule has 5 nitrogen and oxygen atoms in total. The van der Waals surface area contributed by atoms with Crippen LogP contribution in [0.25, 0.3) is 0 Å². The molecule has 0 saturated carbocycles. The van der Waals surface area contributed by atoms with Crippen LogP contribution in [-0.2, 0) is 0 Å². The molecule has 1 aromatic heterocycles. The van der Waals surface area contributed by atoms with Gasteiger partial charge in [0.15, 0.2) is 0 Å². The zero-order chi connectivity index (χ0) is 15.1. The lowest BCUT2D eigenvalue weighted by Crippen LogP contribution is -2.08. The number of hydrogen-bond donors (Lipinski definition) is 2. The molecule has 2 aromatic rings. The van der Waals surface area contributed by atoms with Gasteiger partial charge in [-0.1, -0.05) is 18.2 Å². The number of rotatable bonds is 7. The van der Waals surface area contributed by atoms with Crippen molar-refractivity contribution in [2.75, 3.05) is 17.2 Å². The van der Waals surface area contributed by atoms with Crippen LogP contribution in [-0.4, -0.2) is 22.6 Å². The van der Waals surface area contributed by atoms with E-state index in [0.717, 1.165) is 17.3 Å². The van der Waals surface area contributed by atoms with Crippen molar-refractivity contribution in [1.82, 2.24) is 9.97 Å². The van der Waals surface area contributed by atoms with Crippen molar-refractivity contribution in [1.29, 1.82) is 0 Å². The van der Waals surface area contributed by atoms with Gasteiger partial charge in [-0.15, -0.1) is 6.58 Å². The fourth-order valence-electron chi connectivity index (χ4n) is 1.76. The van der Waals surface area contributed by atoms with E-state index in [4.69, 9.17) is 4.74 Å². The van der Waals surface area contributed by atoms with E-state index in [2.05, 4.69) is 27.2 Å². The summed E-state index contributed by atoms with van der Waals surface area (Å²) in [6, 6.07) is 9.63. The second-order valence-corrected chi connectivity index (χ2v) is 4.75. The largest absolute Gasteiger partial charge is 0.489 e. The minimum absolute atomic E-state index is 0.114. The molecule has 0 unspecified atom stereocenters. The highest BCUT2D eigenvalue weighted by Gasteiger charge is 2.06. The molecule has 0 spiro atoms. The van der Waals surface area contributed by atoms with Gasteiger partial charge in [0.25, 0.3) is 0 Å². The van der Waals surface area contributed by atoms with Crippen LogP contribution >= 0.6 is 0 Å². The molecule has 0 fully saturated rings. The average Bonchev–Trinajstić information content (AvgIpc) is 2.47. The number of ether oxygens (including phenoxy) is 1. The van der Waals surface area contributed by atoms with Gasteiger partial charge in [-0.05, 0) is 26.0 Å². The third kappa shape index (κ3) is 4.49. The quantitative estimate of drug-likeness (QED) is 0.761. The van der Waals surface area contributed by atoms with Crippen LogP contribution in [0.1, 0.15) is 13.8 Å². The Labute approximate surface area is 125 Å². The summed E-state index contributed by atoms with van der Waals surface area (Å²) in [5.41, 5.74) is 0.875. The second kappa shape index (κ2) is 7.28. The zero-order valence-electron chi connectivity index (χ0n) is 12.3. The van der Waals surface area contributed by atoms with Crippen LogP contribution in [0.2, 0.25) is 0 Å². The predicted molar refractivity (Wildman–Crippen MR) is 86.2 cm³/mol. The summed E-state index contributed by atoms with van der Waals surface area (Å²) >= 11 is 0. The van der Waals surface area contributed by atoms with Crippen LogP contribution in [0.15, 0.2) is 49.3 Å². The summed E-state index contributed by atoms with van der Waals surface area (Å²) in [5.74, 6) is 2.25. The Morgan fingerprint density at radius 2 is 2.00 bits per heavy atom. The summed E-state index contributed by atoms with van der Waals surface area (Å²) in [5, 5.41) is 6.38. The van der Waals surface area contributed by atoms with Gasteiger partial charge in [0.05, 0.1) is 11.8 Å². The lowest BCUT2D eigenvalue weighted by Gasteiger charge is -2.15. The summed E-state index contributed by atoms with van der Waals surface area (Å²) in [4.78, 5) is 8.37. The third-order valence-corrected chi connectivity index (χ3v) is 2.61. The maximum atomic E-state index is 5.78. The van der Waals surface area contributed by atoms with E-state index >= 15 is 0 Å². The highest BCUT2D eigenvalue weighted by molar-refractivity contribution is 5.65. The van der Waals surface area contributed by atoms with Crippen molar-refractivity contribution in [3.05, 3.63) is 49.3 Å². The highest BCUT2D eigenvalue weighted by atomic mass is 16.5. The van der Waals surface area contributed by atoms with Gasteiger partial charge in [-0.25, -0.2) is 9.97 Å². The van der Waals surface area contributed by atoms with Crippen molar-refractivity contribution in [2.24, 2.45) is 0 Å². The topological polar surface area (TPSA) is 59.1 Å². The Kier molecular flexibility index (Phi) is 5.15. The van der Waals surface area contributed by atoms with Crippen molar-refractivity contribution >= 4 is 17.3 Å². The molecule has 1 heterocycles. The molecule has 5 heteroatoms. The molecule has 0 aliphatic heterocycles. The van der Waals surface area contributed by atoms with Crippen molar-refractivity contribution in [3.63, 3.8) is 0 Å². The molecule has 0 amide bonds. The van der Waals surface area contributed by atoms with Crippen LogP contribution < -0.4 is 15.4 Å². The molecular weight excluding hydrogens is 264 g/mol. The van der Waals surface area contributed by atoms with E-state index in [-0.39, 0.29) is 6.10 Å². The minimum atomic E-state index is 0.114. The van der Waals surface area contributed by atoms with Gasteiger partial charge in [-0.3, -0.25) is 0 Å². The number of aromatic nitrogens is 2. The van der Waals surface area contributed by atoms with E-state index in [1.807, 2.05) is 44.2 Å². The first-order valence-electron chi connectivity index (χ1n) is 6.88. The molecule has 2 N–H and O–H groups in total. The molecule has 21 heavy (non-hydrogen) atoms. The van der Waals surface area contributed by atoms with Crippen molar-refractivity contribution in [2.45, 2.75) is 20.0 Å². The molecule has 0 radical (unpaired) electrons. The smallest absolute Gasteiger partial charge is 0.143 e. The SMILES string of the molecule is C=CCNc1cc(Nc2ccccc2OC(C)C)ncn1. The molecule has 0 saturated heterocycles. The van der Waals surface area contributed by atoms with Gasteiger partial charge < -0.3 is 15.4 Å². The lowest BCUT2D eigenvalue weighted by atomic mass is 10.3. The number of benzene rings is 1. The van der Waals surface area contributed by atoms with Gasteiger partial charge in [0.1, 0.15) is 23.7 Å². The fraction of sp³-hybridized carbons (Fsp3) is 0.250. The number of anilines is 3. The Bertz CT molecular complexity index is 598. The molecule has 110 valence electrons.